The highest BCUT2D eigenvalue weighted by atomic mass is 16.6. The molecule has 0 saturated carbocycles. The van der Waals surface area contributed by atoms with Gasteiger partial charge in [0.1, 0.15) is 11.7 Å². The van der Waals surface area contributed by atoms with Gasteiger partial charge in [0.05, 0.1) is 4.92 Å². The number of carbonyl (C=O) groups excluding carboxylic acids is 1. The molecular formula is C13H19N3O3. The molecule has 1 rings (SSSR count). The van der Waals surface area contributed by atoms with Crippen LogP contribution in [0.25, 0.3) is 0 Å². The summed E-state index contributed by atoms with van der Waals surface area (Å²) in [5.41, 5.74) is 1.14. The van der Waals surface area contributed by atoms with Crippen LogP contribution >= 0.6 is 0 Å². The molecule has 0 saturated heterocycles. The molecule has 19 heavy (non-hydrogen) atoms. The maximum Gasteiger partial charge on any atom is 0.292 e. The Balaban J connectivity index is 3.09. The van der Waals surface area contributed by atoms with E-state index in [4.69, 9.17) is 0 Å². The van der Waals surface area contributed by atoms with Crippen LogP contribution in [0.3, 0.4) is 0 Å². The summed E-state index contributed by atoms with van der Waals surface area (Å²) >= 11 is 0. The van der Waals surface area contributed by atoms with Gasteiger partial charge < -0.3 is 10.6 Å². The SMILES string of the molecule is CNC(=O)C(Nc1ccc(C)cc1[N+](=O)[O-])C(C)C. The van der Waals surface area contributed by atoms with E-state index in [0.717, 1.165) is 5.56 Å². The van der Waals surface area contributed by atoms with E-state index in [2.05, 4.69) is 10.6 Å². The maximum absolute atomic E-state index is 11.8. The second kappa shape index (κ2) is 6.17. The van der Waals surface area contributed by atoms with Gasteiger partial charge in [-0.25, -0.2) is 0 Å². The first-order valence-electron chi connectivity index (χ1n) is 6.10. The minimum absolute atomic E-state index is 0.0147. The normalized spacial score (nSPS) is 12.1. The molecule has 0 aliphatic heterocycles. The van der Waals surface area contributed by atoms with Crippen LogP contribution in [0.4, 0.5) is 11.4 Å². The molecule has 2 N–H and O–H groups in total. The fourth-order valence-corrected chi connectivity index (χ4v) is 1.77. The molecule has 6 heteroatoms. The van der Waals surface area contributed by atoms with Crippen LogP contribution in [0.1, 0.15) is 19.4 Å². The van der Waals surface area contributed by atoms with E-state index in [0.29, 0.717) is 5.69 Å². The molecule has 0 spiro atoms. The number of amides is 1. The van der Waals surface area contributed by atoms with Gasteiger partial charge in [0.2, 0.25) is 5.91 Å². The highest BCUT2D eigenvalue weighted by molar-refractivity contribution is 5.85. The number of benzene rings is 1. The van der Waals surface area contributed by atoms with Gasteiger partial charge in [-0.1, -0.05) is 19.9 Å². The van der Waals surface area contributed by atoms with E-state index >= 15 is 0 Å². The summed E-state index contributed by atoms with van der Waals surface area (Å²) in [6.45, 7) is 5.55. The molecule has 1 unspecified atom stereocenters. The molecule has 1 aromatic carbocycles. The van der Waals surface area contributed by atoms with E-state index in [1.54, 1.807) is 26.1 Å². The topological polar surface area (TPSA) is 84.3 Å². The minimum Gasteiger partial charge on any atom is -0.368 e. The molecule has 0 aliphatic carbocycles. The lowest BCUT2D eigenvalue weighted by molar-refractivity contribution is -0.384. The number of hydrogen-bond acceptors (Lipinski definition) is 4. The Kier molecular flexibility index (Phi) is 4.86. The number of anilines is 1. The fraction of sp³-hybridized carbons (Fsp3) is 0.462. The van der Waals surface area contributed by atoms with Crippen LogP contribution in [-0.4, -0.2) is 23.9 Å². The first-order valence-corrected chi connectivity index (χ1v) is 6.10. The van der Waals surface area contributed by atoms with Crippen LogP contribution in [0.2, 0.25) is 0 Å². The number of nitro benzene ring substituents is 1. The summed E-state index contributed by atoms with van der Waals surface area (Å²) in [6.07, 6.45) is 0. The van der Waals surface area contributed by atoms with Crippen molar-refractivity contribution in [2.75, 3.05) is 12.4 Å². The number of aryl methyl sites for hydroxylation is 1. The molecular weight excluding hydrogens is 246 g/mol. The van der Waals surface area contributed by atoms with Crippen molar-refractivity contribution >= 4 is 17.3 Å². The average molecular weight is 265 g/mol. The second-order valence-corrected chi connectivity index (χ2v) is 4.76. The van der Waals surface area contributed by atoms with Crippen LogP contribution in [-0.2, 0) is 4.79 Å². The molecule has 0 heterocycles. The van der Waals surface area contributed by atoms with Gasteiger partial charge in [0.15, 0.2) is 0 Å². The van der Waals surface area contributed by atoms with Gasteiger partial charge in [-0.2, -0.15) is 0 Å². The zero-order chi connectivity index (χ0) is 14.6. The molecule has 1 aromatic rings. The highest BCUT2D eigenvalue weighted by Crippen LogP contribution is 2.26. The summed E-state index contributed by atoms with van der Waals surface area (Å²) in [5.74, 6) is -0.175. The van der Waals surface area contributed by atoms with E-state index in [1.807, 2.05) is 13.8 Å². The molecule has 0 radical (unpaired) electrons. The number of likely N-dealkylation sites (N-methyl/N-ethyl adjacent to an activating group) is 1. The Hall–Kier alpha value is -2.11. The van der Waals surface area contributed by atoms with Gasteiger partial charge >= 0.3 is 0 Å². The third-order valence-electron chi connectivity index (χ3n) is 2.86. The van der Waals surface area contributed by atoms with E-state index < -0.39 is 11.0 Å². The molecule has 0 fully saturated rings. The van der Waals surface area contributed by atoms with E-state index in [1.165, 1.54) is 6.07 Å². The molecule has 6 nitrogen and oxygen atoms in total. The number of nitro groups is 1. The van der Waals surface area contributed by atoms with Crippen LogP contribution in [0.15, 0.2) is 18.2 Å². The van der Waals surface area contributed by atoms with Crippen molar-refractivity contribution < 1.29 is 9.72 Å². The predicted octanol–water partition coefficient (Wildman–Crippen LogP) is 2.09. The smallest absolute Gasteiger partial charge is 0.292 e. The number of rotatable bonds is 5. The van der Waals surface area contributed by atoms with Gasteiger partial charge in [-0.05, 0) is 24.5 Å². The Morgan fingerprint density at radius 3 is 2.47 bits per heavy atom. The van der Waals surface area contributed by atoms with Crippen molar-refractivity contribution in [2.45, 2.75) is 26.8 Å². The lowest BCUT2D eigenvalue weighted by Crippen LogP contribution is -2.41. The summed E-state index contributed by atoms with van der Waals surface area (Å²) in [5, 5.41) is 16.5. The van der Waals surface area contributed by atoms with Crippen LogP contribution in [0.5, 0.6) is 0 Å². The number of carbonyl (C=O) groups is 1. The molecule has 1 atom stereocenters. The summed E-state index contributed by atoms with van der Waals surface area (Å²) in [4.78, 5) is 22.3. The van der Waals surface area contributed by atoms with Crippen molar-refractivity contribution in [1.29, 1.82) is 0 Å². The Morgan fingerprint density at radius 1 is 1.37 bits per heavy atom. The maximum atomic E-state index is 11.8. The molecule has 104 valence electrons. The van der Waals surface area contributed by atoms with E-state index in [-0.39, 0.29) is 17.5 Å². The minimum atomic E-state index is -0.508. The van der Waals surface area contributed by atoms with Gasteiger partial charge in [-0.15, -0.1) is 0 Å². The van der Waals surface area contributed by atoms with Crippen molar-refractivity contribution in [3.63, 3.8) is 0 Å². The third-order valence-corrected chi connectivity index (χ3v) is 2.86. The lowest BCUT2D eigenvalue weighted by atomic mass is 10.0. The molecule has 1 amide bonds. The van der Waals surface area contributed by atoms with Crippen molar-refractivity contribution in [3.8, 4) is 0 Å². The quantitative estimate of drug-likeness (QED) is 0.630. The molecule has 0 aromatic heterocycles. The fourth-order valence-electron chi connectivity index (χ4n) is 1.77. The number of hydrogen-bond donors (Lipinski definition) is 2. The van der Waals surface area contributed by atoms with Crippen molar-refractivity contribution in [3.05, 3.63) is 33.9 Å². The highest BCUT2D eigenvalue weighted by Gasteiger charge is 2.24. The van der Waals surface area contributed by atoms with Crippen molar-refractivity contribution in [1.82, 2.24) is 5.32 Å². The van der Waals surface area contributed by atoms with Crippen LogP contribution < -0.4 is 10.6 Å². The second-order valence-electron chi connectivity index (χ2n) is 4.76. The van der Waals surface area contributed by atoms with Gasteiger partial charge in [-0.3, -0.25) is 14.9 Å². The van der Waals surface area contributed by atoms with Crippen molar-refractivity contribution in [2.24, 2.45) is 5.92 Å². The third kappa shape index (κ3) is 3.67. The zero-order valence-corrected chi connectivity index (χ0v) is 11.6. The molecule has 0 aliphatic rings. The Labute approximate surface area is 112 Å². The zero-order valence-electron chi connectivity index (χ0n) is 11.6. The first-order chi connectivity index (χ1) is 8.86. The number of nitrogens with zero attached hydrogens (tertiary/aromatic N) is 1. The summed E-state index contributed by atoms with van der Waals surface area (Å²) in [7, 11) is 1.54. The predicted molar refractivity (Wildman–Crippen MR) is 74.1 cm³/mol. The summed E-state index contributed by atoms with van der Waals surface area (Å²) < 4.78 is 0. The Morgan fingerprint density at radius 2 is 2.00 bits per heavy atom. The first kappa shape index (κ1) is 14.9. The molecule has 0 bridgehead atoms. The number of nitrogens with one attached hydrogen (secondary N) is 2. The van der Waals surface area contributed by atoms with E-state index in [9.17, 15) is 14.9 Å². The standard InChI is InChI=1S/C13H19N3O3/c1-8(2)12(13(17)14-4)15-10-6-5-9(3)7-11(10)16(18)19/h5-8,12,15H,1-4H3,(H,14,17). The van der Waals surface area contributed by atoms with Crippen LogP contribution in [0, 0.1) is 23.0 Å². The van der Waals surface area contributed by atoms with Gasteiger partial charge in [0.25, 0.3) is 5.69 Å². The lowest BCUT2D eigenvalue weighted by Gasteiger charge is -2.21. The van der Waals surface area contributed by atoms with Gasteiger partial charge in [0, 0.05) is 13.1 Å². The Bertz CT molecular complexity index is 486. The average Bonchev–Trinajstić information content (AvgIpc) is 2.35. The summed E-state index contributed by atoms with van der Waals surface area (Å²) in [6, 6.07) is 4.39. The monoisotopic (exact) mass is 265 g/mol. The largest absolute Gasteiger partial charge is 0.368 e.